The lowest BCUT2D eigenvalue weighted by atomic mass is 9.81. The molecule has 1 atom stereocenters. The van der Waals surface area contributed by atoms with Crippen LogP contribution in [0.1, 0.15) is 41.0 Å². The van der Waals surface area contributed by atoms with Crippen LogP contribution in [0.15, 0.2) is 5.16 Å². The van der Waals surface area contributed by atoms with Gasteiger partial charge >= 0.3 is 0 Å². The van der Waals surface area contributed by atoms with E-state index in [4.69, 9.17) is 10.9 Å². The second-order valence-corrected chi connectivity index (χ2v) is 5.22. The van der Waals surface area contributed by atoms with E-state index < -0.39 is 0 Å². The summed E-state index contributed by atoms with van der Waals surface area (Å²) in [7, 11) is 0. The summed E-state index contributed by atoms with van der Waals surface area (Å²) in [6, 6.07) is 0.235. The van der Waals surface area contributed by atoms with Gasteiger partial charge in [-0.2, -0.15) is 0 Å². The highest BCUT2D eigenvalue weighted by molar-refractivity contribution is 5.80. The number of hydrogen-bond acceptors (Lipinski definition) is 3. The minimum absolute atomic E-state index is 0.235. The summed E-state index contributed by atoms with van der Waals surface area (Å²) >= 11 is 0. The molecule has 0 aromatic rings. The molecule has 0 radical (unpaired) electrons. The van der Waals surface area contributed by atoms with Crippen LogP contribution in [0.2, 0.25) is 0 Å². The van der Waals surface area contributed by atoms with Crippen molar-refractivity contribution in [1.29, 1.82) is 0 Å². The molecule has 0 aliphatic carbocycles. The van der Waals surface area contributed by atoms with E-state index in [1.165, 1.54) is 0 Å². The Hall–Kier alpha value is -0.770. The van der Waals surface area contributed by atoms with Gasteiger partial charge in [0.2, 0.25) is 0 Å². The van der Waals surface area contributed by atoms with Crippen molar-refractivity contribution in [2.75, 3.05) is 6.54 Å². The summed E-state index contributed by atoms with van der Waals surface area (Å²) in [6.45, 7) is 11.9. The SMILES string of the molecule is CC(CC(N)=NO)NCC(C)(C)C(C)C. The highest BCUT2D eigenvalue weighted by Crippen LogP contribution is 2.24. The van der Waals surface area contributed by atoms with Crippen molar-refractivity contribution in [2.45, 2.75) is 47.1 Å². The first-order valence-electron chi connectivity index (χ1n) is 5.49. The van der Waals surface area contributed by atoms with E-state index >= 15 is 0 Å². The fourth-order valence-electron chi connectivity index (χ4n) is 1.07. The maximum atomic E-state index is 8.44. The molecule has 0 aliphatic rings. The van der Waals surface area contributed by atoms with Crippen LogP contribution >= 0.6 is 0 Å². The van der Waals surface area contributed by atoms with Gasteiger partial charge in [0, 0.05) is 19.0 Å². The van der Waals surface area contributed by atoms with Crippen LogP contribution < -0.4 is 11.1 Å². The zero-order valence-electron chi connectivity index (χ0n) is 10.5. The first-order valence-corrected chi connectivity index (χ1v) is 5.49. The largest absolute Gasteiger partial charge is 0.409 e. The van der Waals surface area contributed by atoms with E-state index in [-0.39, 0.29) is 17.3 Å². The Labute approximate surface area is 92.9 Å². The van der Waals surface area contributed by atoms with Crippen molar-refractivity contribution in [3.8, 4) is 0 Å². The predicted octanol–water partition coefficient (Wildman–Crippen LogP) is 1.78. The zero-order valence-corrected chi connectivity index (χ0v) is 10.5. The Bertz CT molecular complexity index is 212. The van der Waals surface area contributed by atoms with Gasteiger partial charge < -0.3 is 16.3 Å². The van der Waals surface area contributed by atoms with Crippen molar-refractivity contribution in [3.05, 3.63) is 0 Å². The molecule has 0 saturated heterocycles. The number of oxime groups is 1. The molecule has 1 unspecified atom stereocenters. The maximum absolute atomic E-state index is 8.44. The molecule has 0 aromatic heterocycles. The van der Waals surface area contributed by atoms with E-state index in [9.17, 15) is 0 Å². The van der Waals surface area contributed by atoms with Gasteiger partial charge in [0.1, 0.15) is 5.84 Å². The van der Waals surface area contributed by atoms with Crippen LogP contribution in [0.25, 0.3) is 0 Å². The molecular weight excluding hydrogens is 190 g/mol. The summed E-state index contributed by atoms with van der Waals surface area (Å²) in [4.78, 5) is 0. The van der Waals surface area contributed by atoms with Crippen LogP contribution in [0.4, 0.5) is 0 Å². The molecule has 4 heteroatoms. The summed E-state index contributed by atoms with van der Waals surface area (Å²) in [6.07, 6.45) is 0.574. The van der Waals surface area contributed by atoms with Gasteiger partial charge in [-0.05, 0) is 18.3 Å². The van der Waals surface area contributed by atoms with E-state index in [0.717, 1.165) is 6.54 Å². The topological polar surface area (TPSA) is 70.6 Å². The fraction of sp³-hybridized carbons (Fsp3) is 0.909. The lowest BCUT2D eigenvalue weighted by Gasteiger charge is -2.31. The Kier molecular flexibility index (Phi) is 5.65. The van der Waals surface area contributed by atoms with Crippen molar-refractivity contribution in [2.24, 2.45) is 22.2 Å². The van der Waals surface area contributed by atoms with Crippen LogP contribution in [0.3, 0.4) is 0 Å². The third kappa shape index (κ3) is 5.62. The first kappa shape index (κ1) is 14.2. The van der Waals surface area contributed by atoms with Gasteiger partial charge in [0.25, 0.3) is 0 Å². The average molecular weight is 215 g/mol. The Morgan fingerprint density at radius 3 is 2.33 bits per heavy atom. The normalized spacial score (nSPS) is 15.7. The van der Waals surface area contributed by atoms with Crippen LogP contribution in [0.5, 0.6) is 0 Å². The van der Waals surface area contributed by atoms with Crippen molar-refractivity contribution >= 4 is 5.84 Å². The molecule has 0 aliphatic heterocycles. The fourth-order valence-corrected chi connectivity index (χ4v) is 1.07. The van der Waals surface area contributed by atoms with E-state index in [0.29, 0.717) is 12.3 Å². The summed E-state index contributed by atoms with van der Waals surface area (Å²) in [5.41, 5.74) is 5.70. The van der Waals surface area contributed by atoms with Crippen LogP contribution in [-0.4, -0.2) is 23.6 Å². The van der Waals surface area contributed by atoms with Crippen molar-refractivity contribution < 1.29 is 5.21 Å². The minimum Gasteiger partial charge on any atom is -0.409 e. The minimum atomic E-state index is 0.235. The summed E-state index contributed by atoms with van der Waals surface area (Å²) in [5.74, 6) is 0.901. The predicted molar refractivity (Wildman–Crippen MR) is 64.1 cm³/mol. The molecule has 0 amide bonds. The molecule has 90 valence electrons. The molecule has 0 heterocycles. The Morgan fingerprint density at radius 2 is 1.93 bits per heavy atom. The van der Waals surface area contributed by atoms with Gasteiger partial charge in [-0.15, -0.1) is 0 Å². The lowest BCUT2D eigenvalue weighted by molar-refractivity contribution is 0.230. The molecule has 0 fully saturated rings. The molecule has 4 nitrogen and oxygen atoms in total. The molecule has 0 aromatic carbocycles. The molecule has 0 bridgehead atoms. The number of nitrogens with two attached hydrogens (primary N) is 1. The van der Waals surface area contributed by atoms with Crippen LogP contribution in [0, 0.1) is 11.3 Å². The molecule has 0 saturated carbocycles. The Morgan fingerprint density at radius 1 is 1.40 bits per heavy atom. The van der Waals surface area contributed by atoms with Gasteiger partial charge in [0.15, 0.2) is 0 Å². The number of rotatable bonds is 6. The Balaban J connectivity index is 3.95. The van der Waals surface area contributed by atoms with Gasteiger partial charge in [0.05, 0.1) is 0 Å². The smallest absolute Gasteiger partial charge is 0.140 e. The molecular formula is C11H25N3O. The van der Waals surface area contributed by atoms with Crippen LogP contribution in [-0.2, 0) is 0 Å². The van der Waals surface area contributed by atoms with E-state index in [2.05, 4.69) is 38.2 Å². The lowest BCUT2D eigenvalue weighted by Crippen LogP contribution is -2.39. The van der Waals surface area contributed by atoms with Crippen molar-refractivity contribution in [1.82, 2.24) is 5.32 Å². The van der Waals surface area contributed by atoms with E-state index in [1.54, 1.807) is 0 Å². The second kappa shape index (κ2) is 5.95. The number of nitrogens with one attached hydrogen (secondary N) is 1. The molecule has 4 N–H and O–H groups in total. The average Bonchev–Trinajstić information content (AvgIpc) is 2.14. The first-order chi connectivity index (χ1) is 6.79. The monoisotopic (exact) mass is 215 g/mol. The third-order valence-corrected chi connectivity index (χ3v) is 3.11. The summed E-state index contributed by atoms with van der Waals surface area (Å²) in [5, 5.41) is 14.8. The quantitative estimate of drug-likeness (QED) is 0.274. The second-order valence-electron chi connectivity index (χ2n) is 5.22. The van der Waals surface area contributed by atoms with E-state index in [1.807, 2.05) is 6.92 Å². The number of nitrogens with zero attached hydrogens (tertiary/aromatic N) is 1. The summed E-state index contributed by atoms with van der Waals surface area (Å²) < 4.78 is 0. The number of amidine groups is 1. The zero-order chi connectivity index (χ0) is 12.1. The van der Waals surface area contributed by atoms with Gasteiger partial charge in [-0.1, -0.05) is 32.9 Å². The molecule has 0 rings (SSSR count). The molecule has 0 spiro atoms. The van der Waals surface area contributed by atoms with Gasteiger partial charge in [-0.3, -0.25) is 0 Å². The highest BCUT2D eigenvalue weighted by Gasteiger charge is 2.22. The van der Waals surface area contributed by atoms with Crippen molar-refractivity contribution in [3.63, 3.8) is 0 Å². The third-order valence-electron chi connectivity index (χ3n) is 3.11. The molecule has 15 heavy (non-hydrogen) atoms. The highest BCUT2D eigenvalue weighted by atomic mass is 16.4. The number of hydrogen-bond donors (Lipinski definition) is 3. The van der Waals surface area contributed by atoms with Gasteiger partial charge in [-0.25, -0.2) is 0 Å². The standard InChI is InChI=1S/C11H25N3O/c1-8(2)11(4,5)7-13-9(3)6-10(12)14-15/h8-9,13,15H,6-7H2,1-5H3,(H2,12,14). The maximum Gasteiger partial charge on any atom is 0.140 e.